The van der Waals surface area contributed by atoms with Crippen molar-refractivity contribution in [2.45, 2.75) is 142 Å². The first-order valence-corrected chi connectivity index (χ1v) is 31.1. The average molecular weight is 1030 g/mol. The molecule has 0 radical (unpaired) electrons. The van der Waals surface area contributed by atoms with Gasteiger partial charge in [0.25, 0.3) is 11.8 Å². The number of aromatic nitrogens is 3. The van der Waals surface area contributed by atoms with E-state index >= 15 is 0 Å². The number of aliphatic hydroxyl groups excluding tert-OH is 2. The monoisotopic (exact) mass is 1030 g/mol. The number of alkyl carbamates (subject to hydrolysis) is 3. The first kappa shape index (κ1) is 57.0. The second-order valence-corrected chi connectivity index (χ2v) is 32.2. The smallest absolute Gasteiger partial charge is 0.413 e. The van der Waals surface area contributed by atoms with Crippen LogP contribution in [-0.2, 0) is 18.9 Å². The number of hydrogen-bond donors (Lipinski definition) is 7. The van der Waals surface area contributed by atoms with Gasteiger partial charge in [-0.2, -0.15) is 0 Å². The molecule has 3 aromatic heterocycles. The van der Waals surface area contributed by atoms with Crippen LogP contribution < -0.4 is 26.6 Å². The van der Waals surface area contributed by atoms with E-state index in [4.69, 9.17) is 23.4 Å². The number of aryl methyl sites for hydroxylation is 1. The first-order valence-electron chi connectivity index (χ1n) is 21.9. The molecule has 0 unspecified atom stereocenters. The SMILES string of the molecule is COC(=O)c1nc([C@@H](NC(=O)c2csc([C@@H](NC(=O)c3csc([C@H](CCCN=C(NC(=O)OCC[Si](C)(C)C)NC(=O)OCC[Si](C)(C)C)NC(=O)OC(C)(C)C)n3)[C@@H](C)O)n2)[C@@H](C)O)oc1C. The van der Waals surface area contributed by atoms with E-state index in [0.717, 1.165) is 34.8 Å². The number of aliphatic imine (C=N–C) groups is 1. The van der Waals surface area contributed by atoms with Gasteiger partial charge in [-0.25, -0.2) is 34.1 Å². The number of hydrogen-bond acceptors (Lipinski definition) is 19. The summed E-state index contributed by atoms with van der Waals surface area (Å²) in [5.41, 5.74) is -1.09. The lowest BCUT2D eigenvalue weighted by Crippen LogP contribution is -2.45. The summed E-state index contributed by atoms with van der Waals surface area (Å²) in [4.78, 5) is 94.8. The summed E-state index contributed by atoms with van der Waals surface area (Å²) in [6.45, 7) is 22.8. The molecule has 3 aromatic rings. The molecule has 26 heteroatoms. The van der Waals surface area contributed by atoms with Gasteiger partial charge in [0.1, 0.15) is 44.8 Å². The van der Waals surface area contributed by atoms with Crippen molar-refractivity contribution in [3.05, 3.63) is 49.5 Å². The Morgan fingerprint density at radius 3 is 1.75 bits per heavy atom. The van der Waals surface area contributed by atoms with Crippen molar-refractivity contribution < 1.29 is 62.3 Å². The number of carbonyl (C=O) groups is 6. The minimum absolute atomic E-state index is 0.0394. The Balaban J connectivity index is 1.78. The Morgan fingerprint density at radius 2 is 1.26 bits per heavy atom. The van der Waals surface area contributed by atoms with Crippen LogP contribution in [0.5, 0.6) is 0 Å². The predicted octanol–water partition coefficient (Wildman–Crippen LogP) is 6.22. The summed E-state index contributed by atoms with van der Waals surface area (Å²) in [5, 5.41) is 37.7. The number of guanidine groups is 1. The topological polar surface area (TPSA) is 304 Å². The van der Waals surface area contributed by atoms with Crippen LogP contribution in [-0.4, -0.2) is 128 Å². The number of ether oxygens (including phenoxy) is 4. The van der Waals surface area contributed by atoms with Gasteiger partial charge in [-0.1, -0.05) is 39.3 Å². The summed E-state index contributed by atoms with van der Waals surface area (Å²) in [7, 11) is -1.81. The predicted molar refractivity (Wildman–Crippen MR) is 260 cm³/mol. The van der Waals surface area contributed by atoms with Crippen molar-refractivity contribution in [2.75, 3.05) is 26.9 Å². The fourth-order valence-electron chi connectivity index (χ4n) is 5.60. The fraction of sp³-hybridized carbons (Fsp3) is 0.619. The highest BCUT2D eigenvalue weighted by Crippen LogP contribution is 2.27. The van der Waals surface area contributed by atoms with Gasteiger partial charge >= 0.3 is 24.2 Å². The van der Waals surface area contributed by atoms with Gasteiger partial charge in [0.15, 0.2) is 5.69 Å². The van der Waals surface area contributed by atoms with Crippen LogP contribution in [0.1, 0.15) is 119 Å². The molecule has 0 bridgehead atoms. The maximum absolute atomic E-state index is 13.7. The third-order valence-electron chi connectivity index (χ3n) is 9.29. The van der Waals surface area contributed by atoms with E-state index in [1.807, 2.05) is 0 Å². The number of thiazole rings is 2. The number of nitrogens with one attached hydrogen (secondary N) is 5. The maximum atomic E-state index is 13.7. The van der Waals surface area contributed by atoms with Crippen molar-refractivity contribution in [2.24, 2.45) is 4.99 Å². The van der Waals surface area contributed by atoms with Gasteiger partial charge in [0.05, 0.1) is 38.6 Å². The van der Waals surface area contributed by atoms with Crippen LogP contribution >= 0.6 is 22.7 Å². The number of amides is 5. The number of oxazole rings is 1. The molecular formula is C42H67N9O13S2Si2. The zero-order chi connectivity index (χ0) is 51.1. The van der Waals surface area contributed by atoms with E-state index < -0.39 is 88.1 Å². The lowest BCUT2D eigenvalue weighted by molar-refractivity contribution is 0.0499. The van der Waals surface area contributed by atoms with E-state index in [-0.39, 0.29) is 72.3 Å². The molecule has 0 fully saturated rings. The summed E-state index contributed by atoms with van der Waals surface area (Å²) < 4.78 is 26.4. The fourth-order valence-corrected chi connectivity index (χ4v) is 8.86. The molecule has 3 rings (SSSR count). The molecule has 0 saturated carbocycles. The van der Waals surface area contributed by atoms with Gasteiger partial charge in [0, 0.05) is 33.5 Å². The van der Waals surface area contributed by atoms with Gasteiger partial charge < -0.3 is 49.5 Å². The number of nitrogens with zero attached hydrogens (tertiary/aromatic N) is 4. The minimum Gasteiger partial charge on any atom is -0.464 e. The number of rotatable bonds is 21. The van der Waals surface area contributed by atoms with Gasteiger partial charge in [-0.05, 0) is 66.5 Å². The summed E-state index contributed by atoms with van der Waals surface area (Å²) in [5.74, 6) is -2.37. The van der Waals surface area contributed by atoms with Gasteiger partial charge in [-0.15, -0.1) is 22.7 Å². The molecule has 3 heterocycles. The number of esters is 1. The molecule has 5 amide bonds. The Morgan fingerprint density at radius 1 is 0.765 bits per heavy atom. The second-order valence-electron chi connectivity index (χ2n) is 19.2. The lowest BCUT2D eigenvalue weighted by Gasteiger charge is -2.23. The number of aliphatic hydroxyl groups is 2. The molecule has 0 saturated heterocycles. The highest BCUT2D eigenvalue weighted by Gasteiger charge is 2.32. The van der Waals surface area contributed by atoms with Gasteiger partial charge in [-0.3, -0.25) is 25.2 Å². The molecule has 68 heavy (non-hydrogen) atoms. The lowest BCUT2D eigenvalue weighted by atomic mass is 10.1. The van der Waals surface area contributed by atoms with E-state index in [2.05, 4.69) is 85.8 Å². The standard InChI is InChI=1S/C42H67N9O13S2Si2/c1-23(52)29(34-49-31(25(3)63-34)37(56)60-7)47-32(54)28-22-66-36(45-28)30(24(2)53)48-33(55)27-21-65-35(44-27)26(46-41(59)64-42(4,5)6)15-14-16-43-38(50-39(57)61-17-19-67(8,9)10)51-40(58)62-18-20-68(11,12)13/h21-24,26,29-30,52-53H,14-20H2,1-13H3,(H,46,59)(H,47,54)(H,48,55)(H2,43,50,51,57,58)/t23-,24-,26+,29+,30+/m1/s1. The molecule has 0 aliphatic rings. The quantitative estimate of drug-likeness (QED) is 0.0156. The van der Waals surface area contributed by atoms with Crippen LogP contribution in [0, 0.1) is 6.92 Å². The Bertz CT molecular complexity index is 2190. The molecule has 7 N–H and O–H groups in total. The minimum atomic E-state index is -1.49. The van der Waals surface area contributed by atoms with Crippen LogP contribution in [0.15, 0.2) is 20.2 Å². The largest absolute Gasteiger partial charge is 0.464 e. The number of methoxy groups -OCH3 is 1. The van der Waals surface area contributed by atoms with E-state index in [9.17, 15) is 39.0 Å². The number of carbonyl (C=O) groups excluding carboxylic acids is 6. The van der Waals surface area contributed by atoms with E-state index in [1.165, 1.54) is 38.6 Å². The van der Waals surface area contributed by atoms with E-state index in [1.54, 1.807) is 20.8 Å². The third kappa shape index (κ3) is 19.7. The second kappa shape index (κ2) is 25.4. The summed E-state index contributed by atoms with van der Waals surface area (Å²) >= 11 is 2.08. The molecule has 22 nitrogen and oxygen atoms in total. The van der Waals surface area contributed by atoms with Gasteiger partial charge in [0.2, 0.25) is 11.9 Å². The highest BCUT2D eigenvalue weighted by atomic mass is 32.1. The van der Waals surface area contributed by atoms with Crippen LogP contribution in [0.3, 0.4) is 0 Å². The van der Waals surface area contributed by atoms with E-state index in [0.29, 0.717) is 5.01 Å². The van der Waals surface area contributed by atoms with Crippen molar-refractivity contribution >= 4 is 80.8 Å². The van der Waals surface area contributed by atoms with Crippen LogP contribution in [0.25, 0.3) is 0 Å². The Labute approximate surface area is 406 Å². The molecule has 0 spiro atoms. The molecular weight excluding hydrogens is 959 g/mol. The third-order valence-corrected chi connectivity index (χ3v) is 14.6. The van der Waals surface area contributed by atoms with Crippen LogP contribution in [0.2, 0.25) is 51.4 Å². The molecule has 0 aliphatic heterocycles. The summed E-state index contributed by atoms with van der Waals surface area (Å²) in [6, 6.07) is -1.57. The van der Waals surface area contributed by atoms with Crippen molar-refractivity contribution in [3.8, 4) is 0 Å². The Hall–Kier alpha value is -5.29. The maximum Gasteiger partial charge on any atom is 0.413 e. The zero-order valence-corrected chi connectivity index (χ0v) is 44.6. The van der Waals surface area contributed by atoms with Crippen molar-refractivity contribution in [3.63, 3.8) is 0 Å². The van der Waals surface area contributed by atoms with Crippen molar-refractivity contribution in [1.82, 2.24) is 41.5 Å². The molecule has 378 valence electrons. The van der Waals surface area contributed by atoms with Crippen molar-refractivity contribution in [1.29, 1.82) is 0 Å². The molecule has 0 aliphatic carbocycles. The molecule has 0 aromatic carbocycles. The first-order chi connectivity index (χ1) is 31.5. The Kier molecular flexibility index (Phi) is 21.3. The summed E-state index contributed by atoms with van der Waals surface area (Å²) in [6.07, 6.45) is -4.20. The highest BCUT2D eigenvalue weighted by molar-refractivity contribution is 7.10. The normalized spacial score (nSPS) is 14.0. The zero-order valence-electron chi connectivity index (χ0n) is 41.0. The van der Waals surface area contributed by atoms with Crippen LogP contribution in [0.4, 0.5) is 14.4 Å². The molecule has 5 atom stereocenters. The average Bonchev–Trinajstić information content (AvgIpc) is 3.98.